The minimum absolute atomic E-state index is 1.09. The molecule has 0 radical (unpaired) electrons. The molecule has 0 rings (SSSR count). The molecule has 1 heteroatoms. The minimum Gasteiger partial charge on any atom is -0.120 e. The van der Waals surface area contributed by atoms with E-state index in [0.717, 1.165) is 6.04 Å². The van der Waals surface area contributed by atoms with Crippen molar-refractivity contribution in [3.63, 3.8) is 0 Å². The van der Waals surface area contributed by atoms with Gasteiger partial charge < -0.3 is 0 Å². The van der Waals surface area contributed by atoms with E-state index in [1.807, 2.05) is 0 Å². The Balaban J connectivity index is 4.39. The van der Waals surface area contributed by atoms with E-state index in [1.54, 1.807) is 0 Å². The summed E-state index contributed by atoms with van der Waals surface area (Å²) in [5, 5.41) is 0. The summed E-state index contributed by atoms with van der Waals surface area (Å²) in [6.45, 7) is 6.90. The molecule has 0 aromatic rings. The Hall–Kier alpha value is -0.223. The van der Waals surface area contributed by atoms with Crippen LogP contribution in [0.3, 0.4) is 0 Å². The van der Waals surface area contributed by atoms with Crippen LogP contribution >= 0.6 is 0 Å². The second kappa shape index (κ2) is 9.96. The zero-order chi connectivity index (χ0) is 12.3. The smallest absolute Gasteiger partial charge is 0.0664 e. The molecule has 94 valence electrons. The van der Waals surface area contributed by atoms with Crippen LogP contribution in [0.5, 0.6) is 0 Å². The Kier molecular flexibility index (Phi) is 9.83. The molecule has 0 saturated heterocycles. The molecule has 0 aliphatic heterocycles. The van der Waals surface area contributed by atoms with Crippen LogP contribution in [0.4, 0.5) is 0 Å². The number of hydrogen-bond donors (Lipinski definition) is 0. The highest BCUT2D eigenvalue weighted by Gasteiger charge is 2.29. The van der Waals surface area contributed by atoms with Gasteiger partial charge in [-0.05, 0) is 0 Å². The molecule has 0 heterocycles. The molecule has 0 spiro atoms. The van der Waals surface area contributed by atoms with Crippen molar-refractivity contribution >= 4 is 8.07 Å². The Bertz CT molecular complexity index is 168. The van der Waals surface area contributed by atoms with Gasteiger partial charge in [0.1, 0.15) is 0 Å². The molecule has 0 atom stereocenters. The summed E-state index contributed by atoms with van der Waals surface area (Å²) in [5.74, 6) is 3.00. The number of terminal acetylenes is 1. The highest BCUT2D eigenvalue weighted by Crippen LogP contribution is 2.31. The standard InChI is InChI=1S/C15H30Si/c1-5-9-13-16(12-8-4,14-10-6-2)15-11-7-3/h4H,5-7,9-15H2,1-3H3. The van der Waals surface area contributed by atoms with E-state index >= 15 is 0 Å². The molecule has 0 amide bonds. The maximum atomic E-state index is 5.61. The first kappa shape index (κ1) is 15.8. The lowest BCUT2D eigenvalue weighted by atomic mass is 10.4. The van der Waals surface area contributed by atoms with Crippen LogP contribution in [0.1, 0.15) is 59.3 Å². The molecule has 0 aliphatic carbocycles. The highest BCUT2D eigenvalue weighted by molar-refractivity contribution is 6.80. The van der Waals surface area contributed by atoms with E-state index in [2.05, 4.69) is 26.7 Å². The van der Waals surface area contributed by atoms with Crippen molar-refractivity contribution in [2.75, 3.05) is 0 Å². The largest absolute Gasteiger partial charge is 0.120 e. The van der Waals surface area contributed by atoms with Crippen LogP contribution in [-0.4, -0.2) is 8.07 Å². The van der Waals surface area contributed by atoms with E-state index in [1.165, 1.54) is 56.7 Å². The summed E-state index contributed by atoms with van der Waals surface area (Å²) < 4.78 is 0. The fourth-order valence-electron chi connectivity index (χ4n) is 2.51. The summed E-state index contributed by atoms with van der Waals surface area (Å²) in [5.41, 5.74) is 0. The van der Waals surface area contributed by atoms with E-state index in [4.69, 9.17) is 6.42 Å². The van der Waals surface area contributed by atoms with Gasteiger partial charge in [0.2, 0.25) is 0 Å². The van der Waals surface area contributed by atoms with Gasteiger partial charge in [0.25, 0.3) is 0 Å². The molecule has 16 heavy (non-hydrogen) atoms. The topological polar surface area (TPSA) is 0 Å². The quantitative estimate of drug-likeness (QED) is 0.350. The lowest BCUT2D eigenvalue weighted by Gasteiger charge is -2.30. The molecule has 0 nitrogen and oxygen atoms in total. The zero-order valence-electron chi connectivity index (χ0n) is 11.6. The Morgan fingerprint density at radius 2 is 1.19 bits per heavy atom. The summed E-state index contributed by atoms with van der Waals surface area (Å²) in [6.07, 6.45) is 13.8. The monoisotopic (exact) mass is 238 g/mol. The van der Waals surface area contributed by atoms with Crippen molar-refractivity contribution in [3.8, 4) is 12.3 Å². The van der Waals surface area contributed by atoms with Crippen molar-refractivity contribution in [3.05, 3.63) is 0 Å². The van der Waals surface area contributed by atoms with Gasteiger partial charge in [-0.2, -0.15) is 0 Å². The molecule has 0 aliphatic rings. The molecule has 0 unspecified atom stereocenters. The minimum atomic E-state index is -1.09. The van der Waals surface area contributed by atoms with Crippen molar-refractivity contribution in [1.29, 1.82) is 0 Å². The van der Waals surface area contributed by atoms with E-state index in [9.17, 15) is 0 Å². The van der Waals surface area contributed by atoms with Gasteiger partial charge in [-0.15, -0.1) is 12.3 Å². The fourth-order valence-corrected chi connectivity index (χ4v) is 7.54. The second-order valence-electron chi connectivity index (χ2n) is 5.19. The Labute approximate surface area is 104 Å². The molecule has 0 N–H and O–H groups in total. The van der Waals surface area contributed by atoms with Crippen molar-refractivity contribution in [2.24, 2.45) is 0 Å². The molecule has 0 aromatic carbocycles. The van der Waals surface area contributed by atoms with Gasteiger partial charge in [0, 0.05) is 6.04 Å². The summed E-state index contributed by atoms with van der Waals surface area (Å²) in [7, 11) is -1.09. The Morgan fingerprint density at radius 3 is 1.44 bits per heavy atom. The van der Waals surface area contributed by atoms with Crippen LogP contribution in [0.25, 0.3) is 0 Å². The van der Waals surface area contributed by atoms with Crippen LogP contribution in [0.2, 0.25) is 24.2 Å². The lowest BCUT2D eigenvalue weighted by molar-refractivity contribution is 0.791. The second-order valence-corrected chi connectivity index (χ2v) is 10.0. The van der Waals surface area contributed by atoms with Crippen molar-refractivity contribution in [1.82, 2.24) is 0 Å². The van der Waals surface area contributed by atoms with E-state index < -0.39 is 8.07 Å². The molecule has 0 fully saturated rings. The van der Waals surface area contributed by atoms with Crippen LogP contribution in [-0.2, 0) is 0 Å². The van der Waals surface area contributed by atoms with Gasteiger partial charge in [0.05, 0.1) is 8.07 Å². The SMILES string of the molecule is C#CC[Si](CCCC)(CCCC)CCCC. The summed E-state index contributed by atoms with van der Waals surface area (Å²) in [4.78, 5) is 0. The maximum Gasteiger partial charge on any atom is 0.0664 e. The number of unbranched alkanes of at least 4 members (excludes halogenated alkanes) is 3. The molecular weight excluding hydrogens is 208 g/mol. The lowest BCUT2D eigenvalue weighted by Crippen LogP contribution is -2.33. The third kappa shape index (κ3) is 6.38. The zero-order valence-corrected chi connectivity index (χ0v) is 12.6. The predicted octanol–water partition coefficient (Wildman–Crippen LogP) is 5.47. The van der Waals surface area contributed by atoms with Gasteiger partial charge in [-0.3, -0.25) is 0 Å². The number of hydrogen-bond acceptors (Lipinski definition) is 0. The first-order valence-corrected chi connectivity index (χ1v) is 10.0. The van der Waals surface area contributed by atoms with E-state index in [0.29, 0.717) is 0 Å². The van der Waals surface area contributed by atoms with Gasteiger partial charge >= 0.3 is 0 Å². The summed E-state index contributed by atoms with van der Waals surface area (Å²) in [6, 6.07) is 5.57. The summed E-state index contributed by atoms with van der Waals surface area (Å²) >= 11 is 0. The fraction of sp³-hybridized carbons (Fsp3) is 0.867. The predicted molar refractivity (Wildman–Crippen MR) is 78.5 cm³/mol. The average molecular weight is 238 g/mol. The van der Waals surface area contributed by atoms with Crippen molar-refractivity contribution < 1.29 is 0 Å². The van der Waals surface area contributed by atoms with Crippen molar-refractivity contribution in [2.45, 2.75) is 83.5 Å². The van der Waals surface area contributed by atoms with Gasteiger partial charge in [-0.25, -0.2) is 0 Å². The normalized spacial score (nSPS) is 11.4. The first-order valence-electron chi connectivity index (χ1n) is 7.18. The average Bonchev–Trinajstić information content (AvgIpc) is 2.31. The van der Waals surface area contributed by atoms with Crippen LogP contribution < -0.4 is 0 Å². The molecule has 0 bridgehead atoms. The molecule has 0 saturated carbocycles. The third-order valence-corrected chi connectivity index (χ3v) is 8.86. The van der Waals surface area contributed by atoms with Crippen LogP contribution in [0, 0.1) is 12.3 Å². The molecule has 0 aromatic heterocycles. The number of rotatable bonds is 10. The highest BCUT2D eigenvalue weighted by atomic mass is 28.3. The third-order valence-electron chi connectivity index (χ3n) is 3.66. The van der Waals surface area contributed by atoms with Gasteiger partial charge in [0.15, 0.2) is 0 Å². The Morgan fingerprint density at radius 1 is 0.812 bits per heavy atom. The molecular formula is C15H30Si. The van der Waals surface area contributed by atoms with E-state index in [-0.39, 0.29) is 0 Å². The maximum absolute atomic E-state index is 5.61. The van der Waals surface area contributed by atoms with Crippen LogP contribution in [0.15, 0.2) is 0 Å². The first-order chi connectivity index (χ1) is 7.74. The van der Waals surface area contributed by atoms with Gasteiger partial charge in [-0.1, -0.05) is 77.4 Å².